The molecule has 1 aliphatic carbocycles. The summed E-state index contributed by atoms with van der Waals surface area (Å²) in [5.74, 6) is 1.98. The lowest BCUT2D eigenvalue weighted by Crippen LogP contribution is -2.12. The highest BCUT2D eigenvalue weighted by atomic mass is 35.5. The summed E-state index contributed by atoms with van der Waals surface area (Å²) < 4.78 is 6.09. The van der Waals surface area contributed by atoms with Crippen molar-refractivity contribution in [2.45, 2.75) is 12.5 Å². The van der Waals surface area contributed by atoms with Crippen molar-refractivity contribution in [2.24, 2.45) is 0 Å². The summed E-state index contributed by atoms with van der Waals surface area (Å²) >= 11 is 6.22. The average molecular weight is 360 g/mol. The van der Waals surface area contributed by atoms with E-state index >= 15 is 0 Å². The Morgan fingerprint density at radius 3 is 2.65 bits per heavy atom. The summed E-state index contributed by atoms with van der Waals surface area (Å²) in [7, 11) is 0. The molecular formula is C21H14ClN3O. The first-order chi connectivity index (χ1) is 12.8. The first-order valence-corrected chi connectivity index (χ1v) is 8.81. The van der Waals surface area contributed by atoms with Gasteiger partial charge < -0.3 is 4.74 Å². The summed E-state index contributed by atoms with van der Waals surface area (Å²) in [6.07, 6.45) is 7.21. The molecule has 5 rings (SSSR count). The van der Waals surface area contributed by atoms with Gasteiger partial charge in [0.15, 0.2) is 11.6 Å². The van der Waals surface area contributed by atoms with E-state index in [0.717, 1.165) is 34.4 Å². The van der Waals surface area contributed by atoms with E-state index in [1.54, 1.807) is 0 Å². The van der Waals surface area contributed by atoms with E-state index in [0.29, 0.717) is 11.6 Å². The summed E-state index contributed by atoms with van der Waals surface area (Å²) in [6, 6.07) is 15.7. The maximum absolute atomic E-state index is 6.22. The van der Waals surface area contributed by atoms with Crippen molar-refractivity contribution in [3.8, 4) is 28.5 Å². The van der Waals surface area contributed by atoms with Crippen molar-refractivity contribution >= 4 is 17.2 Å². The maximum Gasteiger partial charge on any atom is 0.226 e. The summed E-state index contributed by atoms with van der Waals surface area (Å²) in [4.78, 5) is 13.4. The molecule has 5 heteroatoms. The maximum atomic E-state index is 6.22. The number of hydrogen-bond acceptors (Lipinski definition) is 4. The number of rotatable bonds is 2. The third kappa shape index (κ3) is 2.50. The van der Waals surface area contributed by atoms with Crippen LogP contribution in [0.3, 0.4) is 0 Å². The molecule has 1 aromatic heterocycles. The molecule has 26 heavy (non-hydrogen) atoms. The molecule has 4 nitrogen and oxygen atoms in total. The number of ether oxygens (including phenoxy) is 1. The van der Waals surface area contributed by atoms with Crippen molar-refractivity contribution < 1.29 is 4.74 Å². The smallest absolute Gasteiger partial charge is 0.226 e. The zero-order valence-corrected chi connectivity index (χ0v) is 14.5. The van der Waals surface area contributed by atoms with Gasteiger partial charge in [-0.3, -0.25) is 0 Å². The Kier molecular flexibility index (Phi) is 3.57. The third-order valence-corrected chi connectivity index (χ3v) is 4.74. The van der Waals surface area contributed by atoms with Gasteiger partial charge in [-0.2, -0.15) is 9.97 Å². The van der Waals surface area contributed by atoms with Crippen molar-refractivity contribution in [2.75, 3.05) is 0 Å². The second-order valence-electron chi connectivity index (χ2n) is 6.19. The number of hydrogen-bond donors (Lipinski definition) is 0. The van der Waals surface area contributed by atoms with E-state index in [1.807, 2.05) is 48.5 Å². The molecule has 1 aliphatic heterocycles. The number of allylic oxidation sites excluding steroid dienone is 2. The van der Waals surface area contributed by atoms with Gasteiger partial charge in [0.25, 0.3) is 0 Å². The summed E-state index contributed by atoms with van der Waals surface area (Å²) in [5.41, 5.74) is 4.02. The van der Waals surface area contributed by atoms with Gasteiger partial charge in [-0.1, -0.05) is 60.7 Å². The molecule has 0 N–H and O–H groups in total. The van der Waals surface area contributed by atoms with Crippen LogP contribution >= 0.6 is 11.6 Å². The molecule has 3 aromatic rings. The fraction of sp³-hybridized carbons (Fsp3) is 0.0952. The van der Waals surface area contributed by atoms with Crippen molar-refractivity contribution in [3.05, 3.63) is 77.6 Å². The number of aromatic nitrogens is 3. The van der Waals surface area contributed by atoms with Crippen LogP contribution in [0.25, 0.3) is 28.3 Å². The van der Waals surface area contributed by atoms with Gasteiger partial charge in [-0.25, -0.2) is 4.98 Å². The fourth-order valence-electron chi connectivity index (χ4n) is 3.42. The molecule has 1 unspecified atom stereocenters. The predicted molar refractivity (Wildman–Crippen MR) is 102 cm³/mol. The van der Waals surface area contributed by atoms with E-state index in [-0.39, 0.29) is 11.4 Å². The zero-order valence-electron chi connectivity index (χ0n) is 13.8. The van der Waals surface area contributed by atoms with E-state index in [2.05, 4.69) is 33.2 Å². The quantitative estimate of drug-likeness (QED) is 0.648. The molecule has 0 amide bonds. The number of nitrogens with zero attached hydrogens (tertiary/aromatic N) is 3. The fourth-order valence-corrected chi connectivity index (χ4v) is 3.58. The monoisotopic (exact) mass is 359 g/mol. The SMILES string of the molecule is Clc1nc(-c2ccccc2)nc(-c2cccc3c2C2=CC=CCC2O3)n1. The first kappa shape index (κ1) is 15.3. The van der Waals surface area contributed by atoms with Crippen LogP contribution in [0.2, 0.25) is 5.28 Å². The van der Waals surface area contributed by atoms with Crippen LogP contribution in [0.5, 0.6) is 5.75 Å². The largest absolute Gasteiger partial charge is 0.485 e. The van der Waals surface area contributed by atoms with E-state index in [1.165, 1.54) is 0 Å². The highest BCUT2D eigenvalue weighted by Gasteiger charge is 2.32. The van der Waals surface area contributed by atoms with Gasteiger partial charge in [-0.05, 0) is 17.7 Å². The minimum Gasteiger partial charge on any atom is -0.485 e. The molecule has 126 valence electrons. The standard InChI is InChI=1S/C21H14ClN3O/c22-21-24-19(13-7-2-1-3-8-13)23-20(25-21)15-10-6-12-17-18(15)14-9-4-5-11-16(14)26-17/h1-10,12,16H,11H2. The van der Waals surface area contributed by atoms with Crippen molar-refractivity contribution in [1.82, 2.24) is 15.0 Å². The molecule has 1 atom stereocenters. The van der Waals surface area contributed by atoms with Crippen LogP contribution in [-0.2, 0) is 0 Å². The Morgan fingerprint density at radius 2 is 1.77 bits per heavy atom. The van der Waals surface area contributed by atoms with Crippen LogP contribution < -0.4 is 4.74 Å². The molecule has 0 bridgehead atoms. The lowest BCUT2D eigenvalue weighted by atomic mass is 9.93. The first-order valence-electron chi connectivity index (χ1n) is 8.44. The zero-order chi connectivity index (χ0) is 17.5. The molecule has 0 fully saturated rings. The molecule has 0 saturated heterocycles. The normalized spacial score (nSPS) is 17.3. The van der Waals surface area contributed by atoms with E-state index in [9.17, 15) is 0 Å². The van der Waals surface area contributed by atoms with Gasteiger partial charge >= 0.3 is 0 Å². The highest BCUT2D eigenvalue weighted by Crippen LogP contribution is 2.45. The molecule has 2 heterocycles. The molecule has 2 aliphatic rings. The highest BCUT2D eigenvalue weighted by molar-refractivity contribution is 6.28. The van der Waals surface area contributed by atoms with Crippen LogP contribution in [0.15, 0.2) is 66.8 Å². The van der Waals surface area contributed by atoms with Gasteiger partial charge in [0.05, 0.1) is 0 Å². The summed E-state index contributed by atoms with van der Waals surface area (Å²) in [5, 5.41) is 0.180. The van der Waals surface area contributed by atoms with Crippen LogP contribution in [0, 0.1) is 0 Å². The van der Waals surface area contributed by atoms with Crippen LogP contribution in [-0.4, -0.2) is 21.1 Å². The van der Waals surface area contributed by atoms with E-state index in [4.69, 9.17) is 16.3 Å². The topological polar surface area (TPSA) is 47.9 Å². The number of fused-ring (bicyclic) bond motifs is 3. The number of halogens is 1. The van der Waals surface area contributed by atoms with Gasteiger partial charge in [0.1, 0.15) is 11.9 Å². The van der Waals surface area contributed by atoms with Crippen molar-refractivity contribution in [3.63, 3.8) is 0 Å². The van der Waals surface area contributed by atoms with Crippen LogP contribution in [0.4, 0.5) is 0 Å². The van der Waals surface area contributed by atoms with Crippen molar-refractivity contribution in [1.29, 1.82) is 0 Å². The molecule has 0 saturated carbocycles. The Balaban J connectivity index is 1.69. The minimum atomic E-state index is 0.0575. The third-order valence-electron chi connectivity index (χ3n) is 4.57. The van der Waals surface area contributed by atoms with Gasteiger partial charge in [-0.15, -0.1) is 0 Å². The Hall–Kier alpha value is -2.98. The average Bonchev–Trinajstić information content (AvgIpc) is 3.07. The lowest BCUT2D eigenvalue weighted by Gasteiger charge is -2.13. The molecular weight excluding hydrogens is 346 g/mol. The molecule has 2 aromatic carbocycles. The number of benzene rings is 2. The predicted octanol–water partition coefficient (Wildman–Crippen LogP) is 4.96. The van der Waals surface area contributed by atoms with Gasteiger partial charge in [0, 0.05) is 28.7 Å². The molecule has 0 spiro atoms. The Morgan fingerprint density at radius 1 is 0.923 bits per heavy atom. The second-order valence-corrected chi connectivity index (χ2v) is 6.53. The van der Waals surface area contributed by atoms with E-state index < -0.39 is 0 Å². The Bertz CT molecular complexity index is 1060. The molecule has 0 radical (unpaired) electrons. The van der Waals surface area contributed by atoms with Crippen LogP contribution in [0.1, 0.15) is 12.0 Å². The second kappa shape index (κ2) is 6.07. The van der Waals surface area contributed by atoms with Gasteiger partial charge in [0.2, 0.25) is 5.28 Å². The minimum absolute atomic E-state index is 0.0575. The summed E-state index contributed by atoms with van der Waals surface area (Å²) in [6.45, 7) is 0. The lowest BCUT2D eigenvalue weighted by molar-refractivity contribution is 0.279. The Labute approximate surface area is 155 Å².